The third kappa shape index (κ3) is 4.98. The minimum atomic E-state index is 0.0946. The molecule has 2 aromatic rings. The first-order valence-corrected chi connectivity index (χ1v) is 9.02. The van der Waals surface area contributed by atoms with E-state index in [0.29, 0.717) is 24.8 Å². The predicted octanol–water partition coefficient (Wildman–Crippen LogP) is 2.13. The normalized spacial score (nSPS) is 14.3. The number of aromatic nitrogens is 2. The van der Waals surface area contributed by atoms with Crippen molar-refractivity contribution in [2.45, 2.75) is 20.0 Å². The third-order valence-corrected chi connectivity index (χ3v) is 3.85. The molecule has 7 nitrogen and oxygen atoms in total. The molecule has 140 valence electrons. The number of para-hydroxylation sites is 2. The Bertz CT molecular complexity index is 690. The lowest BCUT2D eigenvalue weighted by atomic mass is 10.3. The van der Waals surface area contributed by atoms with Crippen LogP contribution in [-0.4, -0.2) is 55.5 Å². The molecule has 2 heterocycles. The molecule has 0 spiro atoms. The van der Waals surface area contributed by atoms with E-state index in [9.17, 15) is 0 Å². The second kappa shape index (κ2) is 9.24. The first-order valence-electron chi connectivity index (χ1n) is 9.02. The van der Waals surface area contributed by atoms with Crippen molar-refractivity contribution in [1.82, 2.24) is 15.3 Å². The highest BCUT2D eigenvalue weighted by Crippen LogP contribution is 2.27. The van der Waals surface area contributed by atoms with Gasteiger partial charge in [-0.3, -0.25) is 0 Å². The van der Waals surface area contributed by atoms with E-state index in [2.05, 4.69) is 20.2 Å². The van der Waals surface area contributed by atoms with Crippen molar-refractivity contribution < 1.29 is 14.2 Å². The van der Waals surface area contributed by atoms with Crippen LogP contribution in [0.5, 0.6) is 17.4 Å². The van der Waals surface area contributed by atoms with Gasteiger partial charge in [0.15, 0.2) is 17.3 Å². The van der Waals surface area contributed by atoms with Gasteiger partial charge in [-0.1, -0.05) is 12.1 Å². The molecular formula is C19H26N4O3. The number of nitrogens with one attached hydrogen (secondary N) is 1. The number of nitrogens with zero attached hydrogens (tertiary/aromatic N) is 3. The van der Waals surface area contributed by atoms with Crippen LogP contribution < -0.4 is 24.4 Å². The Morgan fingerprint density at radius 2 is 1.69 bits per heavy atom. The Labute approximate surface area is 154 Å². The van der Waals surface area contributed by atoms with E-state index >= 15 is 0 Å². The quantitative estimate of drug-likeness (QED) is 0.725. The van der Waals surface area contributed by atoms with E-state index in [0.717, 1.165) is 37.7 Å². The van der Waals surface area contributed by atoms with E-state index in [1.54, 1.807) is 12.4 Å². The monoisotopic (exact) mass is 358 g/mol. The highest BCUT2D eigenvalue weighted by molar-refractivity contribution is 5.48. The zero-order valence-electron chi connectivity index (χ0n) is 15.4. The molecule has 1 saturated heterocycles. The maximum absolute atomic E-state index is 5.83. The molecule has 1 aliphatic heterocycles. The van der Waals surface area contributed by atoms with Crippen LogP contribution in [0.1, 0.15) is 13.8 Å². The van der Waals surface area contributed by atoms with Gasteiger partial charge in [-0.2, -0.15) is 0 Å². The van der Waals surface area contributed by atoms with Gasteiger partial charge in [-0.15, -0.1) is 0 Å². The van der Waals surface area contributed by atoms with E-state index < -0.39 is 0 Å². The third-order valence-electron chi connectivity index (χ3n) is 3.85. The Kier molecular flexibility index (Phi) is 6.49. The van der Waals surface area contributed by atoms with E-state index in [1.807, 2.05) is 38.1 Å². The highest BCUT2D eigenvalue weighted by atomic mass is 16.5. The molecule has 1 aromatic heterocycles. The summed E-state index contributed by atoms with van der Waals surface area (Å²) in [4.78, 5) is 11.0. The Balaban J connectivity index is 1.54. The van der Waals surface area contributed by atoms with Crippen LogP contribution in [0.3, 0.4) is 0 Å². The Morgan fingerprint density at radius 3 is 2.46 bits per heavy atom. The van der Waals surface area contributed by atoms with Crippen molar-refractivity contribution >= 4 is 5.82 Å². The summed E-state index contributed by atoms with van der Waals surface area (Å²) in [5.74, 6) is 2.79. The summed E-state index contributed by atoms with van der Waals surface area (Å²) in [6.45, 7) is 8.43. The van der Waals surface area contributed by atoms with Gasteiger partial charge in [0.1, 0.15) is 13.2 Å². The lowest BCUT2D eigenvalue weighted by molar-refractivity contribution is 0.191. The fraction of sp³-hybridized carbons (Fsp3) is 0.474. The van der Waals surface area contributed by atoms with Crippen LogP contribution in [0.15, 0.2) is 36.7 Å². The molecule has 7 heteroatoms. The molecule has 0 saturated carbocycles. The summed E-state index contributed by atoms with van der Waals surface area (Å²) < 4.78 is 17.4. The van der Waals surface area contributed by atoms with Gasteiger partial charge in [0.25, 0.3) is 5.88 Å². The average molecular weight is 358 g/mol. The van der Waals surface area contributed by atoms with Crippen LogP contribution >= 0.6 is 0 Å². The van der Waals surface area contributed by atoms with Gasteiger partial charge in [-0.25, -0.2) is 9.97 Å². The Hall–Kier alpha value is -2.54. The molecule has 1 aliphatic rings. The maximum Gasteiger partial charge on any atom is 0.257 e. The number of rotatable bonds is 8. The van der Waals surface area contributed by atoms with Crippen molar-refractivity contribution in [3.05, 3.63) is 36.7 Å². The number of anilines is 1. The topological polar surface area (TPSA) is 68.7 Å². The minimum Gasteiger partial charge on any atom is -0.487 e. The van der Waals surface area contributed by atoms with Crippen molar-refractivity contribution in [2.24, 2.45) is 0 Å². The van der Waals surface area contributed by atoms with Crippen molar-refractivity contribution in [3.8, 4) is 17.4 Å². The van der Waals surface area contributed by atoms with Gasteiger partial charge < -0.3 is 24.4 Å². The second-order valence-corrected chi connectivity index (χ2v) is 6.23. The molecule has 3 rings (SSSR count). The summed E-state index contributed by atoms with van der Waals surface area (Å²) >= 11 is 0. The molecule has 1 fully saturated rings. The smallest absolute Gasteiger partial charge is 0.257 e. The van der Waals surface area contributed by atoms with Crippen LogP contribution in [0.4, 0.5) is 5.82 Å². The summed E-state index contributed by atoms with van der Waals surface area (Å²) in [5, 5.41) is 3.33. The fourth-order valence-corrected chi connectivity index (χ4v) is 2.72. The van der Waals surface area contributed by atoms with Gasteiger partial charge in [-0.05, 0) is 26.0 Å². The van der Waals surface area contributed by atoms with Crippen LogP contribution in [0.2, 0.25) is 0 Å². The highest BCUT2D eigenvalue weighted by Gasteiger charge is 2.17. The summed E-state index contributed by atoms with van der Waals surface area (Å²) in [6.07, 6.45) is 3.44. The molecule has 0 amide bonds. The first-order chi connectivity index (χ1) is 12.7. The SMILES string of the molecule is CC(C)Oc1ccccc1OCCOc1nccnc1N1CCNCC1. The first kappa shape index (κ1) is 18.3. The van der Waals surface area contributed by atoms with Crippen LogP contribution in [0, 0.1) is 0 Å². The molecule has 0 aliphatic carbocycles. The number of hydrogen-bond donors (Lipinski definition) is 1. The fourth-order valence-electron chi connectivity index (χ4n) is 2.72. The van der Waals surface area contributed by atoms with E-state index in [-0.39, 0.29) is 6.10 Å². The summed E-state index contributed by atoms with van der Waals surface area (Å²) in [5.41, 5.74) is 0. The van der Waals surface area contributed by atoms with Gasteiger partial charge in [0.05, 0.1) is 6.10 Å². The lowest BCUT2D eigenvalue weighted by Gasteiger charge is -2.28. The molecule has 1 N–H and O–H groups in total. The maximum atomic E-state index is 5.83. The largest absolute Gasteiger partial charge is 0.487 e. The van der Waals surface area contributed by atoms with Crippen LogP contribution in [0.25, 0.3) is 0 Å². The van der Waals surface area contributed by atoms with E-state index in [1.165, 1.54) is 0 Å². The molecule has 0 unspecified atom stereocenters. The molecule has 1 aromatic carbocycles. The number of benzene rings is 1. The molecular weight excluding hydrogens is 332 g/mol. The average Bonchev–Trinajstić information content (AvgIpc) is 2.67. The molecule has 0 bridgehead atoms. The zero-order valence-corrected chi connectivity index (χ0v) is 15.4. The lowest BCUT2D eigenvalue weighted by Crippen LogP contribution is -2.44. The van der Waals surface area contributed by atoms with E-state index in [4.69, 9.17) is 14.2 Å². The molecule has 0 atom stereocenters. The van der Waals surface area contributed by atoms with Gasteiger partial charge in [0.2, 0.25) is 0 Å². The standard InChI is InChI=1S/C19H26N4O3/c1-15(2)26-17-6-4-3-5-16(17)24-13-14-25-19-18(21-7-8-22-19)23-11-9-20-10-12-23/h3-8,15,20H,9-14H2,1-2H3. The zero-order chi connectivity index (χ0) is 18.2. The molecule has 0 radical (unpaired) electrons. The predicted molar refractivity (Wildman–Crippen MR) is 100 cm³/mol. The Morgan fingerprint density at radius 1 is 1.00 bits per heavy atom. The van der Waals surface area contributed by atoms with Gasteiger partial charge in [0, 0.05) is 38.6 Å². The summed E-state index contributed by atoms with van der Waals surface area (Å²) in [7, 11) is 0. The minimum absolute atomic E-state index is 0.0946. The number of hydrogen-bond acceptors (Lipinski definition) is 7. The van der Waals surface area contributed by atoms with Crippen molar-refractivity contribution in [3.63, 3.8) is 0 Å². The number of ether oxygens (including phenoxy) is 3. The molecule has 26 heavy (non-hydrogen) atoms. The summed E-state index contributed by atoms with van der Waals surface area (Å²) in [6, 6.07) is 7.66. The number of piperazine rings is 1. The van der Waals surface area contributed by atoms with Gasteiger partial charge >= 0.3 is 0 Å². The second-order valence-electron chi connectivity index (χ2n) is 6.23. The van der Waals surface area contributed by atoms with Crippen molar-refractivity contribution in [1.29, 1.82) is 0 Å². The van der Waals surface area contributed by atoms with Crippen molar-refractivity contribution in [2.75, 3.05) is 44.3 Å². The van der Waals surface area contributed by atoms with Crippen LogP contribution in [-0.2, 0) is 0 Å².